The van der Waals surface area contributed by atoms with E-state index < -0.39 is 5.41 Å². The predicted molar refractivity (Wildman–Crippen MR) is 95.2 cm³/mol. The van der Waals surface area contributed by atoms with Gasteiger partial charge in [0.05, 0.1) is 23.9 Å². The number of rotatable bonds is 3. The molecule has 2 heterocycles. The first-order valence-electron chi connectivity index (χ1n) is 8.88. The Labute approximate surface area is 144 Å². The first-order chi connectivity index (χ1) is 11.6. The minimum Gasteiger partial charge on any atom is -0.468 e. The highest BCUT2D eigenvalue weighted by atomic mass is 16.5. The van der Waals surface area contributed by atoms with Crippen LogP contribution in [0.5, 0.6) is 0 Å². The first kappa shape index (κ1) is 17.1. The smallest absolute Gasteiger partial charge is 0.316 e. The summed E-state index contributed by atoms with van der Waals surface area (Å²) in [5, 5.41) is 0. The highest BCUT2D eigenvalue weighted by Gasteiger charge is 2.43. The third kappa shape index (κ3) is 3.09. The van der Waals surface area contributed by atoms with Crippen molar-refractivity contribution in [3.63, 3.8) is 0 Å². The van der Waals surface area contributed by atoms with Gasteiger partial charge in [0.2, 0.25) is 0 Å². The highest BCUT2D eigenvalue weighted by Crippen LogP contribution is 2.39. The van der Waals surface area contributed by atoms with Crippen LogP contribution in [0.15, 0.2) is 18.2 Å². The van der Waals surface area contributed by atoms with Crippen molar-refractivity contribution < 1.29 is 14.3 Å². The van der Waals surface area contributed by atoms with Crippen LogP contribution in [0.3, 0.4) is 0 Å². The average molecular weight is 332 g/mol. The summed E-state index contributed by atoms with van der Waals surface area (Å²) in [5.41, 5.74) is 8.47. The fraction of sp³-hybridized carbons (Fsp3) is 0.632. The second-order valence-electron chi connectivity index (χ2n) is 7.13. The van der Waals surface area contributed by atoms with Crippen molar-refractivity contribution in [1.29, 1.82) is 0 Å². The van der Waals surface area contributed by atoms with Crippen LogP contribution in [0, 0.1) is 5.92 Å². The molecule has 0 aliphatic carbocycles. The molecule has 2 fully saturated rings. The average Bonchev–Trinajstić information content (AvgIpc) is 2.63. The molecular formula is C19H28N2O3. The van der Waals surface area contributed by atoms with Gasteiger partial charge in [-0.25, -0.2) is 0 Å². The lowest BCUT2D eigenvalue weighted by Gasteiger charge is -2.37. The Kier molecular flexibility index (Phi) is 4.99. The predicted octanol–water partition coefficient (Wildman–Crippen LogP) is 2.73. The Morgan fingerprint density at radius 2 is 1.96 bits per heavy atom. The number of nitrogens with zero attached hydrogens (tertiary/aromatic N) is 1. The zero-order valence-electron chi connectivity index (χ0n) is 14.7. The Morgan fingerprint density at radius 3 is 2.58 bits per heavy atom. The first-order valence-corrected chi connectivity index (χ1v) is 8.88. The number of benzene rings is 1. The van der Waals surface area contributed by atoms with E-state index in [0.29, 0.717) is 26.1 Å². The Balaban J connectivity index is 1.95. The van der Waals surface area contributed by atoms with Gasteiger partial charge in [-0.3, -0.25) is 4.79 Å². The molecule has 0 atom stereocenters. The van der Waals surface area contributed by atoms with Gasteiger partial charge < -0.3 is 20.1 Å². The summed E-state index contributed by atoms with van der Waals surface area (Å²) >= 11 is 0. The molecular weight excluding hydrogens is 304 g/mol. The number of methoxy groups -OCH3 is 1. The number of anilines is 2. The monoisotopic (exact) mass is 332 g/mol. The summed E-state index contributed by atoms with van der Waals surface area (Å²) in [6.45, 7) is 5.49. The van der Waals surface area contributed by atoms with Gasteiger partial charge in [-0.15, -0.1) is 0 Å². The van der Waals surface area contributed by atoms with E-state index in [-0.39, 0.29) is 5.97 Å². The minimum atomic E-state index is -0.613. The zero-order chi connectivity index (χ0) is 17.2. The minimum absolute atomic E-state index is 0.172. The molecule has 0 aromatic heterocycles. The molecule has 5 nitrogen and oxygen atoms in total. The molecule has 24 heavy (non-hydrogen) atoms. The van der Waals surface area contributed by atoms with Crippen molar-refractivity contribution in [1.82, 2.24) is 0 Å². The molecule has 3 rings (SSSR count). The third-order valence-electron chi connectivity index (χ3n) is 5.63. The molecule has 0 saturated carbocycles. The number of piperidine rings is 1. The van der Waals surface area contributed by atoms with Crippen LogP contribution in [0.25, 0.3) is 0 Å². The zero-order valence-corrected chi connectivity index (χ0v) is 14.7. The van der Waals surface area contributed by atoms with Gasteiger partial charge >= 0.3 is 5.97 Å². The maximum absolute atomic E-state index is 12.6. The van der Waals surface area contributed by atoms with E-state index >= 15 is 0 Å². The number of hydrogen-bond acceptors (Lipinski definition) is 5. The van der Waals surface area contributed by atoms with Gasteiger partial charge in [-0.2, -0.15) is 0 Å². The van der Waals surface area contributed by atoms with Crippen molar-refractivity contribution in [2.75, 3.05) is 44.0 Å². The van der Waals surface area contributed by atoms with Crippen molar-refractivity contribution in [2.24, 2.45) is 5.92 Å². The van der Waals surface area contributed by atoms with Crippen molar-refractivity contribution in [2.45, 2.75) is 38.0 Å². The van der Waals surface area contributed by atoms with Crippen LogP contribution in [-0.4, -0.2) is 39.4 Å². The molecule has 132 valence electrons. The van der Waals surface area contributed by atoms with Gasteiger partial charge in [0.15, 0.2) is 0 Å². The Hall–Kier alpha value is -1.75. The van der Waals surface area contributed by atoms with E-state index in [1.807, 2.05) is 12.1 Å². The second kappa shape index (κ2) is 7.01. The molecule has 5 heteroatoms. The molecule has 0 bridgehead atoms. The molecule has 2 saturated heterocycles. The lowest BCUT2D eigenvalue weighted by molar-refractivity contribution is -0.151. The van der Waals surface area contributed by atoms with E-state index in [0.717, 1.165) is 35.9 Å². The molecule has 1 aromatic carbocycles. The summed E-state index contributed by atoms with van der Waals surface area (Å²) in [4.78, 5) is 14.9. The Morgan fingerprint density at radius 1 is 1.29 bits per heavy atom. The molecule has 0 unspecified atom stereocenters. The standard InChI is InChI=1S/C19H28N2O3/c1-14-5-9-21(10-6-14)17-13-15(3-4-16(17)20)19(18(22)23-2)7-11-24-12-8-19/h3-4,13-14H,5-12,20H2,1-2H3. The summed E-state index contributed by atoms with van der Waals surface area (Å²) < 4.78 is 10.6. The van der Waals surface area contributed by atoms with Crippen LogP contribution < -0.4 is 10.6 Å². The molecule has 2 aliphatic heterocycles. The van der Waals surface area contributed by atoms with Crippen LogP contribution >= 0.6 is 0 Å². The molecule has 0 radical (unpaired) electrons. The van der Waals surface area contributed by atoms with E-state index in [1.165, 1.54) is 20.0 Å². The largest absolute Gasteiger partial charge is 0.468 e. The number of ether oxygens (including phenoxy) is 2. The summed E-state index contributed by atoms with van der Waals surface area (Å²) in [5.74, 6) is 0.594. The van der Waals surface area contributed by atoms with Crippen molar-refractivity contribution >= 4 is 17.3 Å². The summed E-state index contributed by atoms with van der Waals surface area (Å²) in [6.07, 6.45) is 3.67. The van der Waals surface area contributed by atoms with Gasteiger partial charge in [0.1, 0.15) is 0 Å². The number of esters is 1. The fourth-order valence-corrected chi connectivity index (χ4v) is 3.89. The lowest BCUT2D eigenvalue weighted by atomic mass is 9.74. The number of nitrogen functional groups attached to an aromatic ring is 1. The lowest BCUT2D eigenvalue weighted by Crippen LogP contribution is -2.42. The van der Waals surface area contributed by atoms with Crippen LogP contribution in [0.1, 0.15) is 38.2 Å². The molecule has 2 aliphatic rings. The SMILES string of the molecule is COC(=O)C1(c2ccc(N)c(N3CCC(C)CC3)c2)CCOCC1. The van der Waals surface area contributed by atoms with Gasteiger partial charge in [-0.05, 0) is 49.3 Å². The maximum atomic E-state index is 12.6. The molecule has 0 amide bonds. The number of nitrogens with two attached hydrogens (primary N) is 1. The van der Waals surface area contributed by atoms with Crippen LogP contribution in [-0.2, 0) is 19.7 Å². The van der Waals surface area contributed by atoms with E-state index in [1.54, 1.807) is 0 Å². The molecule has 2 N–H and O–H groups in total. The maximum Gasteiger partial charge on any atom is 0.316 e. The fourth-order valence-electron chi connectivity index (χ4n) is 3.89. The second-order valence-corrected chi connectivity index (χ2v) is 7.13. The van der Waals surface area contributed by atoms with E-state index in [4.69, 9.17) is 15.2 Å². The number of carbonyl (C=O) groups excluding carboxylic acids is 1. The van der Waals surface area contributed by atoms with E-state index in [9.17, 15) is 4.79 Å². The number of hydrogen-bond donors (Lipinski definition) is 1. The van der Waals surface area contributed by atoms with Crippen molar-refractivity contribution in [3.8, 4) is 0 Å². The quantitative estimate of drug-likeness (QED) is 0.681. The van der Waals surface area contributed by atoms with Crippen LogP contribution in [0.4, 0.5) is 11.4 Å². The van der Waals surface area contributed by atoms with Crippen molar-refractivity contribution in [3.05, 3.63) is 23.8 Å². The highest BCUT2D eigenvalue weighted by molar-refractivity contribution is 5.84. The topological polar surface area (TPSA) is 64.8 Å². The summed E-state index contributed by atoms with van der Waals surface area (Å²) in [6, 6.07) is 6.02. The van der Waals surface area contributed by atoms with Gasteiger partial charge in [0.25, 0.3) is 0 Å². The summed E-state index contributed by atoms with van der Waals surface area (Å²) in [7, 11) is 1.46. The van der Waals surface area contributed by atoms with Gasteiger partial charge in [-0.1, -0.05) is 13.0 Å². The normalized spacial score (nSPS) is 21.5. The van der Waals surface area contributed by atoms with Gasteiger partial charge in [0, 0.05) is 26.3 Å². The van der Waals surface area contributed by atoms with Crippen LogP contribution in [0.2, 0.25) is 0 Å². The number of carbonyl (C=O) groups is 1. The van der Waals surface area contributed by atoms with E-state index in [2.05, 4.69) is 17.9 Å². The Bertz CT molecular complexity index is 588. The molecule has 1 aromatic rings. The molecule has 0 spiro atoms. The third-order valence-corrected chi connectivity index (χ3v) is 5.63.